The Bertz CT molecular complexity index is 448. The summed E-state index contributed by atoms with van der Waals surface area (Å²) in [7, 11) is 1.64. The lowest BCUT2D eigenvalue weighted by Gasteiger charge is -2.08. The van der Waals surface area contributed by atoms with Crippen molar-refractivity contribution in [3.8, 4) is 0 Å². The number of nitrogens with zero attached hydrogens (tertiary/aromatic N) is 2. The minimum atomic E-state index is -0.493. The molecule has 0 aromatic carbocycles. The molecule has 0 aliphatic carbocycles. The van der Waals surface area contributed by atoms with E-state index >= 15 is 0 Å². The average molecular weight is 265 g/mol. The van der Waals surface area contributed by atoms with Gasteiger partial charge in [0.1, 0.15) is 0 Å². The molecule has 1 rings (SSSR count). The van der Waals surface area contributed by atoms with Gasteiger partial charge in [0.25, 0.3) is 6.20 Å². The van der Waals surface area contributed by atoms with Crippen LogP contribution in [0, 0.1) is 10.1 Å². The Morgan fingerprint density at radius 1 is 1.58 bits per heavy atom. The number of nitrogens with two attached hydrogens (primary N) is 1. The highest BCUT2D eigenvalue weighted by Gasteiger charge is 2.01. The Kier molecular flexibility index (Phi) is 6.14. The molecular weight excluding hydrogens is 246 g/mol. The fourth-order valence-corrected chi connectivity index (χ4v) is 1.60. The third-order valence-electron chi connectivity index (χ3n) is 2.59. The molecule has 0 bridgehead atoms. The Hall–Kier alpha value is -2.31. The van der Waals surface area contributed by atoms with E-state index in [0.717, 1.165) is 31.2 Å². The molecule has 4 N–H and O–H groups in total. The highest BCUT2D eigenvalue weighted by Crippen LogP contribution is 2.10. The third-order valence-corrected chi connectivity index (χ3v) is 2.59. The summed E-state index contributed by atoms with van der Waals surface area (Å²) in [6.07, 6.45) is 5.25. The molecule has 0 aliphatic heterocycles. The van der Waals surface area contributed by atoms with Crippen LogP contribution >= 0.6 is 0 Å². The van der Waals surface area contributed by atoms with Gasteiger partial charge in [-0.25, -0.2) is 0 Å². The molecule has 7 nitrogen and oxygen atoms in total. The fourth-order valence-electron chi connectivity index (χ4n) is 1.60. The predicted molar refractivity (Wildman–Crippen MR) is 73.7 cm³/mol. The molecule has 1 heterocycles. The zero-order valence-electron chi connectivity index (χ0n) is 10.9. The Labute approximate surface area is 112 Å². The highest BCUT2D eigenvalue weighted by molar-refractivity contribution is 5.41. The van der Waals surface area contributed by atoms with E-state index in [1.165, 1.54) is 0 Å². The molecule has 1 aromatic rings. The first-order valence-electron chi connectivity index (χ1n) is 6.09. The summed E-state index contributed by atoms with van der Waals surface area (Å²) < 4.78 is 0. The van der Waals surface area contributed by atoms with Crippen molar-refractivity contribution >= 4 is 5.69 Å². The van der Waals surface area contributed by atoms with Gasteiger partial charge in [0.15, 0.2) is 5.82 Å². The average Bonchev–Trinajstić information content (AvgIpc) is 2.38. The van der Waals surface area contributed by atoms with Crippen LogP contribution in [0.3, 0.4) is 0 Å². The smallest absolute Gasteiger partial charge is 0.274 e. The van der Waals surface area contributed by atoms with Gasteiger partial charge in [0.05, 0.1) is 16.3 Å². The van der Waals surface area contributed by atoms with Crippen LogP contribution in [0.2, 0.25) is 0 Å². The second-order valence-electron chi connectivity index (χ2n) is 4.00. The lowest BCUT2D eigenvalue weighted by molar-refractivity contribution is -0.404. The van der Waals surface area contributed by atoms with E-state index in [1.807, 2.05) is 12.1 Å². The van der Waals surface area contributed by atoms with Crippen LogP contribution in [-0.2, 0) is 6.42 Å². The molecule has 0 fully saturated rings. The Balaban J connectivity index is 2.25. The van der Waals surface area contributed by atoms with E-state index < -0.39 is 4.92 Å². The van der Waals surface area contributed by atoms with Crippen LogP contribution in [-0.4, -0.2) is 23.5 Å². The van der Waals surface area contributed by atoms with Crippen molar-refractivity contribution < 1.29 is 4.92 Å². The number of pyridine rings is 1. The van der Waals surface area contributed by atoms with Gasteiger partial charge < -0.3 is 16.4 Å². The molecule has 0 atom stereocenters. The first-order valence-corrected chi connectivity index (χ1v) is 6.09. The standard InChI is InChI=1S/C12H19N5O2/c1-14-12(9-17(18)19)16-7-3-2-6-11-10(13)5-4-8-15-11/h4-5,8-9,14,16H,2-3,6-7,13H2,1H3. The molecule has 0 unspecified atom stereocenters. The van der Waals surface area contributed by atoms with Crippen molar-refractivity contribution in [3.05, 3.63) is 46.2 Å². The second-order valence-corrected chi connectivity index (χ2v) is 4.00. The van der Waals surface area contributed by atoms with Crippen molar-refractivity contribution in [1.82, 2.24) is 15.6 Å². The van der Waals surface area contributed by atoms with Gasteiger partial charge >= 0.3 is 0 Å². The van der Waals surface area contributed by atoms with Gasteiger partial charge in [0.2, 0.25) is 0 Å². The van der Waals surface area contributed by atoms with Crippen molar-refractivity contribution in [3.63, 3.8) is 0 Å². The third kappa shape index (κ3) is 5.71. The first-order chi connectivity index (χ1) is 9.13. The van der Waals surface area contributed by atoms with Crippen LogP contribution in [0.4, 0.5) is 5.69 Å². The fraction of sp³-hybridized carbons (Fsp3) is 0.417. The van der Waals surface area contributed by atoms with Crippen molar-refractivity contribution in [2.24, 2.45) is 0 Å². The number of aryl methyl sites for hydroxylation is 1. The number of hydrogen-bond acceptors (Lipinski definition) is 6. The molecule has 104 valence electrons. The second kappa shape index (κ2) is 7.91. The lowest BCUT2D eigenvalue weighted by Crippen LogP contribution is -2.25. The topological polar surface area (TPSA) is 106 Å². The van der Waals surface area contributed by atoms with Crippen LogP contribution in [0.5, 0.6) is 0 Å². The Morgan fingerprint density at radius 2 is 2.37 bits per heavy atom. The largest absolute Gasteiger partial charge is 0.397 e. The van der Waals surface area contributed by atoms with E-state index in [2.05, 4.69) is 15.6 Å². The number of anilines is 1. The number of nitrogen functional groups attached to an aromatic ring is 1. The molecule has 0 spiro atoms. The van der Waals surface area contributed by atoms with E-state index in [9.17, 15) is 10.1 Å². The first kappa shape index (κ1) is 14.7. The molecule has 19 heavy (non-hydrogen) atoms. The minimum Gasteiger partial charge on any atom is -0.397 e. The number of aromatic nitrogens is 1. The molecule has 0 aliphatic rings. The van der Waals surface area contributed by atoms with E-state index in [-0.39, 0.29) is 0 Å². The summed E-state index contributed by atoms with van der Waals surface area (Å²) in [6.45, 7) is 0.660. The van der Waals surface area contributed by atoms with Crippen LogP contribution < -0.4 is 16.4 Å². The monoisotopic (exact) mass is 265 g/mol. The molecule has 0 radical (unpaired) electrons. The maximum absolute atomic E-state index is 10.3. The summed E-state index contributed by atoms with van der Waals surface area (Å²) in [5.74, 6) is 0.405. The summed E-state index contributed by atoms with van der Waals surface area (Å²) in [5, 5.41) is 16.0. The van der Waals surface area contributed by atoms with Crippen LogP contribution in [0.25, 0.3) is 0 Å². The van der Waals surface area contributed by atoms with Crippen molar-refractivity contribution in [2.75, 3.05) is 19.3 Å². The van der Waals surface area contributed by atoms with Gasteiger partial charge in [-0.3, -0.25) is 15.1 Å². The van der Waals surface area contributed by atoms with E-state index in [4.69, 9.17) is 5.73 Å². The Morgan fingerprint density at radius 3 is 3.00 bits per heavy atom. The molecule has 0 amide bonds. The molecule has 0 saturated carbocycles. The van der Waals surface area contributed by atoms with Gasteiger partial charge in [-0.2, -0.15) is 0 Å². The zero-order chi connectivity index (χ0) is 14.1. The van der Waals surface area contributed by atoms with Gasteiger partial charge in [0, 0.05) is 19.8 Å². The maximum atomic E-state index is 10.3. The predicted octanol–water partition coefficient (Wildman–Crippen LogP) is 0.871. The highest BCUT2D eigenvalue weighted by atomic mass is 16.6. The van der Waals surface area contributed by atoms with E-state index in [0.29, 0.717) is 18.1 Å². The minimum absolute atomic E-state index is 0.405. The summed E-state index contributed by atoms with van der Waals surface area (Å²) in [6, 6.07) is 3.64. The van der Waals surface area contributed by atoms with Gasteiger partial charge in [-0.05, 0) is 31.4 Å². The maximum Gasteiger partial charge on any atom is 0.274 e. The lowest BCUT2D eigenvalue weighted by atomic mass is 10.1. The van der Waals surface area contributed by atoms with Gasteiger partial charge in [-0.15, -0.1) is 0 Å². The quantitative estimate of drug-likeness (QED) is 0.366. The van der Waals surface area contributed by atoms with E-state index in [1.54, 1.807) is 13.2 Å². The number of nitrogens with one attached hydrogen (secondary N) is 2. The molecule has 1 aromatic heterocycles. The number of nitro groups is 1. The molecule has 0 saturated heterocycles. The normalized spacial score (nSPS) is 11.1. The van der Waals surface area contributed by atoms with Gasteiger partial charge in [-0.1, -0.05) is 0 Å². The van der Waals surface area contributed by atoms with Crippen molar-refractivity contribution in [2.45, 2.75) is 19.3 Å². The number of rotatable bonds is 8. The summed E-state index contributed by atoms with van der Waals surface area (Å²) in [5.41, 5.74) is 7.40. The summed E-state index contributed by atoms with van der Waals surface area (Å²) >= 11 is 0. The van der Waals surface area contributed by atoms with Crippen LogP contribution in [0.15, 0.2) is 30.4 Å². The van der Waals surface area contributed by atoms with Crippen molar-refractivity contribution in [1.29, 1.82) is 0 Å². The number of unbranched alkanes of at least 4 members (excludes halogenated alkanes) is 1. The van der Waals surface area contributed by atoms with Crippen LogP contribution in [0.1, 0.15) is 18.5 Å². The molecular formula is C12H19N5O2. The zero-order valence-corrected chi connectivity index (χ0v) is 10.9. The summed E-state index contributed by atoms with van der Waals surface area (Å²) in [4.78, 5) is 14.0. The molecule has 7 heteroatoms. The SMILES string of the molecule is CNC(=C[N+](=O)[O-])NCCCCc1ncccc1N. The number of hydrogen-bond donors (Lipinski definition) is 3.